The van der Waals surface area contributed by atoms with Crippen molar-refractivity contribution in [2.24, 2.45) is 0 Å². The molecule has 19 heteroatoms. The standard InChI is InChI=1S/C67H130O17P2/c1-5-9-13-17-21-24-27-30-33-36-40-44-48-52-65(70)78-58-63(84-67(72)54-50-46-42-38-35-32-29-26-23-19-15-11-7-3)60-82-86(75,76)80-56-61(68)55-79-85(73,74)81-59-62(57-77-64(69)51-47-43-39-20-16-12-8-4)83-66(71)53-49-45-41-37-34-31-28-25-22-18-14-10-6-2/h61-63,68H,5-60H2,1-4H3,(H,73,74)(H,75,76)/t61-,62+,63+/m0/s1. The van der Waals surface area contributed by atoms with E-state index in [1.165, 1.54) is 167 Å². The largest absolute Gasteiger partial charge is 0.472 e. The van der Waals surface area contributed by atoms with Gasteiger partial charge in [0.05, 0.1) is 26.4 Å². The number of phosphoric ester groups is 2. The van der Waals surface area contributed by atoms with E-state index in [0.717, 1.165) is 103 Å². The second-order valence-electron chi connectivity index (χ2n) is 24.2. The van der Waals surface area contributed by atoms with Gasteiger partial charge in [0.2, 0.25) is 0 Å². The highest BCUT2D eigenvalue weighted by Crippen LogP contribution is 2.45. The Bertz CT molecular complexity index is 1650. The van der Waals surface area contributed by atoms with Crippen molar-refractivity contribution in [3.63, 3.8) is 0 Å². The maximum Gasteiger partial charge on any atom is 0.472 e. The lowest BCUT2D eigenvalue weighted by molar-refractivity contribution is -0.161. The number of ether oxygens (including phenoxy) is 4. The molecule has 0 rings (SSSR count). The Morgan fingerprint density at radius 3 is 0.686 bits per heavy atom. The molecule has 0 aromatic rings. The van der Waals surface area contributed by atoms with E-state index >= 15 is 0 Å². The van der Waals surface area contributed by atoms with E-state index in [4.69, 9.17) is 37.0 Å². The van der Waals surface area contributed by atoms with Gasteiger partial charge in [-0.05, 0) is 25.7 Å². The first-order chi connectivity index (χ1) is 41.7. The fourth-order valence-electron chi connectivity index (χ4n) is 10.2. The molecule has 5 atom stereocenters. The third-order valence-electron chi connectivity index (χ3n) is 15.6. The van der Waals surface area contributed by atoms with Crippen molar-refractivity contribution in [3.05, 3.63) is 0 Å². The topological polar surface area (TPSA) is 237 Å². The number of phosphoric acid groups is 2. The zero-order chi connectivity index (χ0) is 63.3. The average Bonchev–Trinajstić information content (AvgIpc) is 3.57. The molecule has 0 bridgehead atoms. The van der Waals surface area contributed by atoms with Crippen LogP contribution in [0.1, 0.15) is 349 Å². The molecule has 0 amide bonds. The number of unbranched alkanes of at least 4 members (excludes halogenated alkanes) is 42. The zero-order valence-corrected chi connectivity index (χ0v) is 57.1. The zero-order valence-electron chi connectivity index (χ0n) is 55.3. The molecule has 0 heterocycles. The van der Waals surface area contributed by atoms with E-state index in [1.807, 2.05) is 0 Å². The van der Waals surface area contributed by atoms with Gasteiger partial charge >= 0.3 is 39.5 Å². The minimum Gasteiger partial charge on any atom is -0.462 e. The van der Waals surface area contributed by atoms with Gasteiger partial charge in [-0.2, -0.15) is 0 Å². The minimum atomic E-state index is -4.95. The molecule has 0 aromatic carbocycles. The summed E-state index contributed by atoms with van der Waals surface area (Å²) in [5, 5.41) is 10.6. The Hall–Kier alpha value is -1.94. The number of aliphatic hydroxyl groups is 1. The van der Waals surface area contributed by atoms with Crippen LogP contribution in [0, 0.1) is 0 Å². The van der Waals surface area contributed by atoms with Gasteiger partial charge in [0.15, 0.2) is 12.2 Å². The normalized spacial score (nSPS) is 14.1. The molecule has 86 heavy (non-hydrogen) atoms. The molecule has 0 saturated heterocycles. The van der Waals surface area contributed by atoms with Crippen molar-refractivity contribution in [2.45, 2.75) is 367 Å². The lowest BCUT2D eigenvalue weighted by atomic mass is 10.0. The Labute approximate surface area is 524 Å². The van der Waals surface area contributed by atoms with Crippen LogP contribution in [0.3, 0.4) is 0 Å². The van der Waals surface area contributed by atoms with Crippen LogP contribution in [-0.4, -0.2) is 96.7 Å². The molecule has 0 aliphatic heterocycles. The minimum absolute atomic E-state index is 0.108. The summed E-state index contributed by atoms with van der Waals surface area (Å²) in [6.07, 6.45) is 48.5. The first-order valence-corrected chi connectivity index (χ1v) is 38.3. The summed E-state index contributed by atoms with van der Waals surface area (Å²) in [6, 6.07) is 0. The molecule has 0 aliphatic rings. The number of carbonyl (C=O) groups excluding carboxylic acids is 4. The molecular formula is C67H130O17P2. The maximum absolute atomic E-state index is 13.0. The number of esters is 4. The summed E-state index contributed by atoms with van der Waals surface area (Å²) in [4.78, 5) is 72.3. The Balaban J connectivity index is 5.20. The Kier molecular flexibility index (Phi) is 60.5. The Morgan fingerprint density at radius 1 is 0.279 bits per heavy atom. The van der Waals surface area contributed by atoms with Crippen LogP contribution in [0.25, 0.3) is 0 Å². The van der Waals surface area contributed by atoms with E-state index in [-0.39, 0.29) is 25.7 Å². The van der Waals surface area contributed by atoms with E-state index < -0.39 is 97.5 Å². The predicted molar refractivity (Wildman–Crippen MR) is 345 cm³/mol. The highest BCUT2D eigenvalue weighted by atomic mass is 31.2. The second kappa shape index (κ2) is 61.9. The van der Waals surface area contributed by atoms with E-state index in [1.54, 1.807) is 0 Å². The van der Waals surface area contributed by atoms with Crippen LogP contribution in [-0.2, 0) is 65.4 Å². The quantitative estimate of drug-likeness (QED) is 0.0222. The number of hydrogen-bond acceptors (Lipinski definition) is 15. The van der Waals surface area contributed by atoms with E-state index in [9.17, 15) is 43.2 Å². The molecule has 0 aliphatic carbocycles. The summed E-state index contributed by atoms with van der Waals surface area (Å²) in [7, 11) is -9.89. The summed E-state index contributed by atoms with van der Waals surface area (Å²) in [5.74, 6) is -2.13. The molecule has 0 aromatic heterocycles. The predicted octanol–water partition coefficient (Wildman–Crippen LogP) is 19.1. The van der Waals surface area contributed by atoms with Gasteiger partial charge in [-0.1, -0.05) is 297 Å². The van der Waals surface area contributed by atoms with Gasteiger partial charge in [0.25, 0.3) is 0 Å². The SMILES string of the molecule is CCCCCCCCCCCCCCCC(=O)OC[C@H](COP(=O)(O)OC[C@@H](O)COP(=O)(O)OC[C@@H](COC(=O)CCCCCCCCC)OC(=O)CCCCCCCCCCCCCCC)OC(=O)CCCCCCCCCCCCCCC. The molecule has 2 unspecified atom stereocenters. The van der Waals surface area contributed by atoms with Crippen LogP contribution in [0.5, 0.6) is 0 Å². The first-order valence-electron chi connectivity index (χ1n) is 35.3. The smallest absolute Gasteiger partial charge is 0.462 e. The maximum atomic E-state index is 13.0. The molecule has 0 saturated carbocycles. The molecule has 3 N–H and O–H groups in total. The van der Waals surface area contributed by atoms with Crippen LogP contribution in [0.2, 0.25) is 0 Å². The molecule has 0 spiro atoms. The van der Waals surface area contributed by atoms with Gasteiger partial charge in [-0.25, -0.2) is 9.13 Å². The highest BCUT2D eigenvalue weighted by molar-refractivity contribution is 7.47. The van der Waals surface area contributed by atoms with Crippen LogP contribution < -0.4 is 0 Å². The summed E-state index contributed by atoms with van der Waals surface area (Å²) < 4.78 is 68.1. The van der Waals surface area contributed by atoms with Crippen molar-refractivity contribution in [1.82, 2.24) is 0 Å². The van der Waals surface area contributed by atoms with Gasteiger partial charge in [0.1, 0.15) is 19.3 Å². The van der Waals surface area contributed by atoms with Gasteiger partial charge in [-0.3, -0.25) is 37.3 Å². The van der Waals surface area contributed by atoms with Crippen molar-refractivity contribution >= 4 is 39.5 Å². The molecule has 0 radical (unpaired) electrons. The average molecular weight is 1270 g/mol. The monoisotopic (exact) mass is 1270 g/mol. The number of aliphatic hydroxyl groups excluding tert-OH is 1. The number of hydrogen-bond donors (Lipinski definition) is 3. The number of rotatable bonds is 68. The Morgan fingerprint density at radius 2 is 0.465 bits per heavy atom. The van der Waals surface area contributed by atoms with Crippen LogP contribution in [0.4, 0.5) is 0 Å². The summed E-state index contributed by atoms with van der Waals surface area (Å²) >= 11 is 0. The lowest BCUT2D eigenvalue weighted by Crippen LogP contribution is -2.30. The van der Waals surface area contributed by atoms with Gasteiger partial charge < -0.3 is 33.8 Å². The molecule has 0 fully saturated rings. The number of carbonyl (C=O) groups is 4. The van der Waals surface area contributed by atoms with Gasteiger partial charge in [-0.15, -0.1) is 0 Å². The summed E-state index contributed by atoms with van der Waals surface area (Å²) in [5.41, 5.74) is 0. The fraction of sp³-hybridized carbons (Fsp3) is 0.940. The van der Waals surface area contributed by atoms with Crippen molar-refractivity contribution < 1.29 is 80.2 Å². The fourth-order valence-corrected chi connectivity index (χ4v) is 11.7. The van der Waals surface area contributed by atoms with Crippen LogP contribution in [0.15, 0.2) is 0 Å². The molecular weight excluding hydrogens is 1140 g/mol. The highest BCUT2D eigenvalue weighted by Gasteiger charge is 2.30. The summed E-state index contributed by atoms with van der Waals surface area (Å²) in [6.45, 7) is 4.89. The van der Waals surface area contributed by atoms with E-state index in [2.05, 4.69) is 27.7 Å². The molecule has 17 nitrogen and oxygen atoms in total. The van der Waals surface area contributed by atoms with E-state index in [0.29, 0.717) is 25.7 Å². The lowest BCUT2D eigenvalue weighted by Gasteiger charge is -2.21. The third kappa shape index (κ3) is 60.9. The second-order valence-corrected chi connectivity index (χ2v) is 27.1. The third-order valence-corrected chi connectivity index (χ3v) is 17.5. The van der Waals surface area contributed by atoms with Crippen molar-refractivity contribution in [1.29, 1.82) is 0 Å². The van der Waals surface area contributed by atoms with Crippen LogP contribution >= 0.6 is 15.6 Å². The van der Waals surface area contributed by atoms with Gasteiger partial charge in [0, 0.05) is 25.7 Å². The van der Waals surface area contributed by atoms with Crippen molar-refractivity contribution in [3.8, 4) is 0 Å². The first kappa shape index (κ1) is 84.1. The molecule has 510 valence electrons. The van der Waals surface area contributed by atoms with Crippen molar-refractivity contribution in [2.75, 3.05) is 39.6 Å².